The maximum absolute atomic E-state index is 10.7. The fourth-order valence-corrected chi connectivity index (χ4v) is 1.60. The van der Waals surface area contributed by atoms with Crippen LogP contribution >= 0.6 is 0 Å². The van der Waals surface area contributed by atoms with Crippen LogP contribution in [0, 0.1) is 0 Å². The normalized spacial score (nSPS) is 14.5. The van der Waals surface area contributed by atoms with E-state index in [1.165, 1.54) is 19.2 Å². The molecule has 1 rings (SSSR count). The van der Waals surface area contributed by atoms with Crippen molar-refractivity contribution in [3.63, 3.8) is 0 Å². The third kappa shape index (κ3) is 3.29. The van der Waals surface area contributed by atoms with Crippen LogP contribution in [0.1, 0.15) is 29.2 Å². The summed E-state index contributed by atoms with van der Waals surface area (Å²) in [6.45, 7) is 0.456. The van der Waals surface area contributed by atoms with Gasteiger partial charge in [0.2, 0.25) is 5.76 Å². The Morgan fingerprint density at radius 1 is 1.59 bits per heavy atom. The predicted molar refractivity (Wildman–Crippen MR) is 59.7 cm³/mol. The maximum Gasteiger partial charge on any atom is 0.371 e. The zero-order valence-electron chi connectivity index (χ0n) is 9.68. The molecular weight excluding hydrogens is 226 g/mol. The second-order valence-electron chi connectivity index (χ2n) is 3.83. The van der Waals surface area contributed by atoms with Crippen molar-refractivity contribution < 1.29 is 24.2 Å². The molecule has 6 nitrogen and oxygen atoms in total. The van der Waals surface area contributed by atoms with Crippen LogP contribution < -0.4 is 5.73 Å². The molecule has 1 aromatic heterocycles. The Balaban J connectivity index is 2.91. The van der Waals surface area contributed by atoms with Gasteiger partial charge in [0.1, 0.15) is 11.4 Å². The topological polar surface area (TPSA) is 106 Å². The molecule has 96 valence electrons. The van der Waals surface area contributed by atoms with E-state index in [-0.39, 0.29) is 18.1 Å². The standard InChI is InChI=1S/C11H17NO5/c1-16-7-11(15,5-2-6-12)9-4-3-8(17-9)10(13)14/h3-4,15H,2,5-7,12H2,1H3,(H,13,14). The molecule has 1 heterocycles. The third-order valence-electron chi connectivity index (χ3n) is 2.45. The van der Waals surface area contributed by atoms with Crippen LogP contribution in [0.5, 0.6) is 0 Å². The van der Waals surface area contributed by atoms with Crippen molar-refractivity contribution in [3.8, 4) is 0 Å². The minimum atomic E-state index is -1.33. The lowest BCUT2D eigenvalue weighted by Gasteiger charge is -2.24. The van der Waals surface area contributed by atoms with Gasteiger partial charge in [0.05, 0.1) is 6.61 Å². The first-order valence-corrected chi connectivity index (χ1v) is 5.28. The van der Waals surface area contributed by atoms with E-state index in [1.807, 2.05) is 0 Å². The summed E-state index contributed by atoms with van der Waals surface area (Å²) in [5, 5.41) is 19.1. The van der Waals surface area contributed by atoms with E-state index in [1.54, 1.807) is 0 Å². The van der Waals surface area contributed by atoms with E-state index < -0.39 is 11.6 Å². The second kappa shape index (κ2) is 5.81. The summed E-state index contributed by atoms with van der Waals surface area (Å²) in [6.07, 6.45) is 0.937. The molecule has 1 atom stereocenters. The molecule has 4 N–H and O–H groups in total. The fraction of sp³-hybridized carbons (Fsp3) is 0.545. The van der Waals surface area contributed by atoms with Gasteiger partial charge in [0.25, 0.3) is 0 Å². The summed E-state index contributed by atoms with van der Waals surface area (Å²) >= 11 is 0. The molecule has 17 heavy (non-hydrogen) atoms. The van der Waals surface area contributed by atoms with E-state index in [0.717, 1.165) is 0 Å². The molecule has 0 amide bonds. The van der Waals surface area contributed by atoms with Gasteiger partial charge in [-0.2, -0.15) is 0 Å². The van der Waals surface area contributed by atoms with Crippen LogP contribution in [0.25, 0.3) is 0 Å². The van der Waals surface area contributed by atoms with Gasteiger partial charge < -0.3 is 25.1 Å². The van der Waals surface area contributed by atoms with Crippen LogP contribution in [-0.2, 0) is 10.3 Å². The van der Waals surface area contributed by atoms with Gasteiger partial charge in [-0.1, -0.05) is 0 Å². The van der Waals surface area contributed by atoms with Gasteiger partial charge in [-0.3, -0.25) is 0 Å². The van der Waals surface area contributed by atoms with Crippen molar-refractivity contribution in [2.24, 2.45) is 5.73 Å². The Morgan fingerprint density at radius 2 is 2.29 bits per heavy atom. The smallest absolute Gasteiger partial charge is 0.371 e. The number of carboxylic acid groups (broad SMARTS) is 1. The Bertz CT molecular complexity index is 376. The van der Waals surface area contributed by atoms with Crippen LogP contribution in [-0.4, -0.2) is 36.4 Å². The van der Waals surface area contributed by atoms with E-state index in [0.29, 0.717) is 19.4 Å². The average molecular weight is 243 g/mol. The highest BCUT2D eigenvalue weighted by Gasteiger charge is 2.33. The maximum atomic E-state index is 10.7. The molecule has 0 aliphatic rings. The molecule has 0 radical (unpaired) electrons. The minimum absolute atomic E-state index is 0.0274. The first-order chi connectivity index (χ1) is 8.03. The number of hydrogen-bond donors (Lipinski definition) is 3. The van der Waals surface area contributed by atoms with Gasteiger partial charge in [-0.25, -0.2) is 4.79 Å². The van der Waals surface area contributed by atoms with Crippen LogP contribution in [0.2, 0.25) is 0 Å². The summed E-state index contributed by atoms with van der Waals surface area (Å²) < 4.78 is 10.0. The Morgan fingerprint density at radius 3 is 2.76 bits per heavy atom. The SMILES string of the molecule is COCC(O)(CCCN)c1ccc(C(=O)O)o1. The van der Waals surface area contributed by atoms with Crippen LogP contribution in [0.3, 0.4) is 0 Å². The molecule has 0 spiro atoms. The summed E-state index contributed by atoms with van der Waals surface area (Å²) in [6, 6.07) is 2.75. The monoisotopic (exact) mass is 243 g/mol. The molecule has 0 aliphatic carbocycles. The van der Waals surface area contributed by atoms with Crippen LogP contribution in [0.15, 0.2) is 16.5 Å². The molecule has 0 saturated carbocycles. The fourth-order valence-electron chi connectivity index (χ4n) is 1.60. The Labute approximate surface area is 99.0 Å². The number of aliphatic hydroxyl groups is 1. The second-order valence-corrected chi connectivity index (χ2v) is 3.83. The van der Waals surface area contributed by atoms with Gasteiger partial charge in [0.15, 0.2) is 0 Å². The molecule has 1 unspecified atom stereocenters. The number of carbonyl (C=O) groups is 1. The third-order valence-corrected chi connectivity index (χ3v) is 2.45. The molecule has 0 fully saturated rings. The highest BCUT2D eigenvalue weighted by atomic mass is 16.5. The lowest BCUT2D eigenvalue weighted by molar-refractivity contribution is -0.0581. The van der Waals surface area contributed by atoms with Crippen molar-refractivity contribution in [1.29, 1.82) is 0 Å². The molecule has 6 heteroatoms. The number of aromatic carboxylic acids is 1. The van der Waals surface area contributed by atoms with Crippen molar-refractivity contribution in [2.45, 2.75) is 18.4 Å². The zero-order valence-corrected chi connectivity index (χ0v) is 9.68. The molecule has 0 bridgehead atoms. The van der Waals surface area contributed by atoms with Gasteiger partial charge in [0, 0.05) is 7.11 Å². The molecule has 1 aromatic rings. The quantitative estimate of drug-likeness (QED) is 0.645. The van der Waals surface area contributed by atoms with E-state index in [4.69, 9.17) is 20.0 Å². The van der Waals surface area contributed by atoms with Crippen molar-refractivity contribution >= 4 is 5.97 Å². The number of ether oxygens (including phenoxy) is 1. The lowest BCUT2D eigenvalue weighted by atomic mass is 9.96. The summed E-state index contributed by atoms with van der Waals surface area (Å²) in [5.41, 5.74) is 4.06. The number of nitrogens with two attached hydrogens (primary N) is 1. The number of hydrogen-bond acceptors (Lipinski definition) is 5. The molecule has 0 aromatic carbocycles. The molecular formula is C11H17NO5. The number of carboxylic acids is 1. The number of furan rings is 1. The van der Waals surface area contributed by atoms with E-state index in [9.17, 15) is 9.90 Å². The van der Waals surface area contributed by atoms with Crippen molar-refractivity contribution in [2.75, 3.05) is 20.3 Å². The lowest BCUT2D eigenvalue weighted by Crippen LogP contribution is -2.31. The summed E-state index contributed by atoms with van der Waals surface area (Å²) in [7, 11) is 1.45. The highest BCUT2D eigenvalue weighted by Crippen LogP contribution is 2.28. The predicted octanol–water partition coefficient (Wildman–Crippen LogP) is 0.551. The molecule has 0 aliphatic heterocycles. The Kier molecular flexibility index (Phi) is 4.68. The van der Waals surface area contributed by atoms with Gasteiger partial charge in [-0.15, -0.1) is 0 Å². The van der Waals surface area contributed by atoms with Crippen LogP contribution in [0.4, 0.5) is 0 Å². The highest BCUT2D eigenvalue weighted by molar-refractivity contribution is 5.84. The van der Waals surface area contributed by atoms with Gasteiger partial charge >= 0.3 is 5.97 Å². The summed E-state index contributed by atoms with van der Waals surface area (Å²) in [4.78, 5) is 10.7. The number of rotatable bonds is 7. The summed E-state index contributed by atoms with van der Waals surface area (Å²) in [5.74, 6) is -1.19. The van der Waals surface area contributed by atoms with Crippen molar-refractivity contribution in [1.82, 2.24) is 0 Å². The first kappa shape index (κ1) is 13.7. The average Bonchev–Trinajstić information content (AvgIpc) is 2.76. The number of methoxy groups -OCH3 is 1. The van der Waals surface area contributed by atoms with Crippen molar-refractivity contribution in [3.05, 3.63) is 23.7 Å². The molecule has 0 saturated heterocycles. The Hall–Kier alpha value is -1.37. The zero-order chi connectivity index (χ0) is 12.9. The van der Waals surface area contributed by atoms with E-state index in [2.05, 4.69) is 0 Å². The minimum Gasteiger partial charge on any atom is -0.475 e. The largest absolute Gasteiger partial charge is 0.475 e. The van der Waals surface area contributed by atoms with Gasteiger partial charge in [-0.05, 0) is 31.5 Å². The first-order valence-electron chi connectivity index (χ1n) is 5.28. The van der Waals surface area contributed by atoms with E-state index >= 15 is 0 Å².